The highest BCUT2D eigenvalue weighted by Gasteiger charge is 2.30. The first kappa shape index (κ1) is 26.0. The van der Waals surface area contributed by atoms with Crippen LogP contribution in [0.1, 0.15) is 12.8 Å². The summed E-state index contributed by atoms with van der Waals surface area (Å²) in [5.41, 5.74) is 0.737. The first-order chi connectivity index (χ1) is 17.2. The zero-order valence-electron chi connectivity index (χ0n) is 19.4. The van der Waals surface area contributed by atoms with Crippen molar-refractivity contribution in [2.24, 2.45) is 0 Å². The Balaban J connectivity index is 1.41. The predicted octanol–water partition coefficient (Wildman–Crippen LogP) is 2.37. The summed E-state index contributed by atoms with van der Waals surface area (Å²) in [6.07, 6.45) is -1.48. The topological polar surface area (TPSA) is 137 Å². The van der Waals surface area contributed by atoms with Crippen LogP contribution in [0.5, 0.6) is 11.5 Å². The van der Waals surface area contributed by atoms with E-state index in [-0.39, 0.29) is 44.1 Å². The third kappa shape index (κ3) is 6.19. The number of nitrogens with zero attached hydrogens (tertiary/aromatic N) is 3. The van der Waals surface area contributed by atoms with Gasteiger partial charge in [0.1, 0.15) is 24.6 Å². The maximum atomic E-state index is 14.3. The van der Waals surface area contributed by atoms with Gasteiger partial charge in [0.15, 0.2) is 11.5 Å². The quantitative estimate of drug-likeness (QED) is 0.292. The number of ether oxygens (including phenoxy) is 2. The highest BCUT2D eigenvalue weighted by molar-refractivity contribution is 9.10. The molecule has 0 spiro atoms. The van der Waals surface area contributed by atoms with Gasteiger partial charge in [0.25, 0.3) is 0 Å². The number of carbonyl (C=O) groups excluding carboxylic acids is 1. The van der Waals surface area contributed by atoms with Gasteiger partial charge in [-0.05, 0) is 24.3 Å². The summed E-state index contributed by atoms with van der Waals surface area (Å²) >= 11 is 3.23. The second-order valence-electron chi connectivity index (χ2n) is 8.50. The van der Waals surface area contributed by atoms with Crippen LogP contribution in [0.2, 0.25) is 0 Å². The van der Waals surface area contributed by atoms with Crippen LogP contribution in [0, 0.1) is 5.82 Å². The average molecular weight is 565 g/mol. The van der Waals surface area contributed by atoms with Crippen LogP contribution in [0.4, 0.5) is 15.9 Å². The third-order valence-electron chi connectivity index (χ3n) is 5.71. The largest absolute Gasteiger partial charge is 0.493 e. The summed E-state index contributed by atoms with van der Waals surface area (Å²) in [7, 11) is 1.46. The van der Waals surface area contributed by atoms with E-state index in [0.29, 0.717) is 32.7 Å². The molecular weight excluding hydrogens is 539 g/mol. The monoisotopic (exact) mass is 564 g/mol. The Bertz CT molecular complexity index is 1240. The lowest BCUT2D eigenvalue weighted by molar-refractivity contribution is -0.143. The van der Waals surface area contributed by atoms with Crippen molar-refractivity contribution in [1.82, 2.24) is 14.9 Å². The molecule has 192 valence electrons. The molecule has 0 bridgehead atoms. The molecule has 12 heteroatoms. The Morgan fingerprint density at radius 1 is 1.22 bits per heavy atom. The van der Waals surface area contributed by atoms with Gasteiger partial charge in [-0.3, -0.25) is 4.79 Å². The minimum absolute atomic E-state index is 0.0625. The average Bonchev–Trinajstić information content (AvgIpc) is 2.81. The number of aliphatic hydroxyl groups excluding tert-OH is 3. The summed E-state index contributed by atoms with van der Waals surface area (Å²) in [5, 5.41) is 33.3. The van der Waals surface area contributed by atoms with E-state index in [1.807, 2.05) is 0 Å². The van der Waals surface area contributed by atoms with Crippen LogP contribution in [0.3, 0.4) is 0 Å². The van der Waals surface area contributed by atoms with Crippen molar-refractivity contribution in [2.45, 2.75) is 31.2 Å². The van der Waals surface area contributed by atoms with Gasteiger partial charge in [-0.25, -0.2) is 14.4 Å². The van der Waals surface area contributed by atoms with E-state index in [4.69, 9.17) is 9.47 Å². The number of aliphatic hydroxyl groups is 3. The first-order valence-corrected chi connectivity index (χ1v) is 12.0. The van der Waals surface area contributed by atoms with Gasteiger partial charge in [-0.2, -0.15) is 0 Å². The molecule has 1 aliphatic heterocycles. The van der Waals surface area contributed by atoms with Gasteiger partial charge >= 0.3 is 0 Å². The number of halogens is 2. The third-order valence-corrected chi connectivity index (χ3v) is 6.20. The number of methoxy groups -OCH3 is 1. The lowest BCUT2D eigenvalue weighted by Gasteiger charge is -2.36. The SMILES string of the molecule is COc1cc2c(Nc3ccc(Br)cc3F)ncnc2cc1OCC(O)CC(O)CC(=O)N1CC(O)C1. The van der Waals surface area contributed by atoms with E-state index in [1.54, 1.807) is 24.3 Å². The van der Waals surface area contributed by atoms with Crippen LogP contribution >= 0.6 is 15.9 Å². The number of hydrogen-bond acceptors (Lipinski definition) is 9. The molecule has 1 saturated heterocycles. The normalized spacial score (nSPS) is 15.3. The smallest absolute Gasteiger partial charge is 0.225 e. The van der Waals surface area contributed by atoms with Crippen molar-refractivity contribution >= 4 is 44.2 Å². The number of carbonyl (C=O) groups is 1. The Labute approximate surface area is 214 Å². The minimum Gasteiger partial charge on any atom is -0.493 e. The molecule has 0 saturated carbocycles. The zero-order chi connectivity index (χ0) is 25.8. The standard InChI is InChI=1S/C24H26BrFN4O6/c1-35-21-7-17-20(27-12-28-24(17)29-19-3-2-13(25)4-18(19)26)8-22(21)36-11-15(32)5-14(31)6-23(34)30-9-16(33)10-30/h2-4,7-8,12,14-16,31-33H,5-6,9-11H2,1H3,(H,27,28,29). The second kappa shape index (κ2) is 11.3. The second-order valence-corrected chi connectivity index (χ2v) is 9.42. The van der Waals surface area contributed by atoms with Gasteiger partial charge in [-0.15, -0.1) is 0 Å². The maximum Gasteiger partial charge on any atom is 0.225 e. The molecule has 1 aliphatic rings. The lowest BCUT2D eigenvalue weighted by Crippen LogP contribution is -2.54. The number of rotatable bonds is 10. The predicted molar refractivity (Wildman–Crippen MR) is 133 cm³/mol. The molecule has 3 aromatic rings. The number of benzene rings is 2. The number of likely N-dealkylation sites (tertiary alicyclic amines) is 1. The summed E-state index contributed by atoms with van der Waals surface area (Å²) in [4.78, 5) is 21.9. The number of amides is 1. The summed E-state index contributed by atoms with van der Waals surface area (Å²) in [6, 6.07) is 7.88. The van der Waals surface area contributed by atoms with Gasteiger partial charge < -0.3 is 35.0 Å². The fourth-order valence-electron chi connectivity index (χ4n) is 3.80. The Morgan fingerprint density at radius 2 is 2.00 bits per heavy atom. The van der Waals surface area contributed by atoms with Gasteiger partial charge in [0.05, 0.1) is 43.0 Å². The maximum absolute atomic E-state index is 14.3. The van der Waals surface area contributed by atoms with Crippen molar-refractivity contribution < 1.29 is 34.0 Å². The van der Waals surface area contributed by atoms with E-state index in [1.165, 1.54) is 24.4 Å². The molecule has 2 aromatic carbocycles. The number of β-amino-alcohol motifs (C(OH)–C–C–N with tert-alkyl or cyclic N) is 1. The van der Waals surface area contributed by atoms with Gasteiger partial charge in [-0.1, -0.05) is 15.9 Å². The number of anilines is 2. The van der Waals surface area contributed by atoms with E-state index in [0.717, 1.165) is 0 Å². The molecule has 4 N–H and O–H groups in total. The molecule has 1 amide bonds. The summed E-state index contributed by atoms with van der Waals surface area (Å²) in [6.45, 7) is 0.367. The molecule has 1 aromatic heterocycles. The van der Waals surface area contributed by atoms with Crippen molar-refractivity contribution in [3.63, 3.8) is 0 Å². The number of hydrogen-bond donors (Lipinski definition) is 4. The molecule has 2 heterocycles. The molecule has 0 radical (unpaired) electrons. The first-order valence-electron chi connectivity index (χ1n) is 11.2. The molecule has 36 heavy (non-hydrogen) atoms. The summed E-state index contributed by atoms with van der Waals surface area (Å²) < 4.78 is 26.1. The summed E-state index contributed by atoms with van der Waals surface area (Å²) in [5.74, 6) is 0.292. The van der Waals surface area contributed by atoms with Crippen LogP contribution in [0.15, 0.2) is 41.1 Å². The van der Waals surface area contributed by atoms with Gasteiger partial charge in [0, 0.05) is 35.4 Å². The Morgan fingerprint density at radius 3 is 2.69 bits per heavy atom. The van der Waals surface area contributed by atoms with Crippen molar-refractivity contribution in [1.29, 1.82) is 0 Å². The van der Waals surface area contributed by atoms with E-state index in [2.05, 4.69) is 31.2 Å². The Kier molecular flexibility index (Phi) is 8.19. The molecule has 4 rings (SSSR count). The van der Waals surface area contributed by atoms with Crippen molar-refractivity contribution in [3.8, 4) is 11.5 Å². The molecule has 0 aliphatic carbocycles. The van der Waals surface area contributed by atoms with E-state index < -0.39 is 24.1 Å². The van der Waals surface area contributed by atoms with Crippen LogP contribution in [0.25, 0.3) is 10.9 Å². The van der Waals surface area contributed by atoms with Crippen LogP contribution < -0.4 is 14.8 Å². The number of nitrogens with one attached hydrogen (secondary N) is 1. The van der Waals surface area contributed by atoms with Crippen molar-refractivity contribution in [3.05, 3.63) is 46.9 Å². The molecule has 1 fully saturated rings. The minimum atomic E-state index is -1.05. The number of fused-ring (bicyclic) bond motifs is 1. The molecule has 2 unspecified atom stereocenters. The van der Waals surface area contributed by atoms with Crippen LogP contribution in [-0.4, -0.2) is 81.2 Å². The molecule has 10 nitrogen and oxygen atoms in total. The van der Waals surface area contributed by atoms with Crippen LogP contribution in [-0.2, 0) is 4.79 Å². The number of aromatic nitrogens is 2. The fourth-order valence-corrected chi connectivity index (χ4v) is 4.13. The lowest BCUT2D eigenvalue weighted by atomic mass is 10.1. The van der Waals surface area contributed by atoms with Crippen molar-refractivity contribution in [2.75, 3.05) is 32.1 Å². The fraction of sp³-hybridized carbons (Fsp3) is 0.375. The Hall–Kier alpha value is -3.06. The highest BCUT2D eigenvalue weighted by atomic mass is 79.9. The van der Waals surface area contributed by atoms with E-state index >= 15 is 0 Å². The molecule has 2 atom stereocenters. The van der Waals surface area contributed by atoms with Gasteiger partial charge in [0.2, 0.25) is 5.91 Å². The zero-order valence-corrected chi connectivity index (χ0v) is 21.0. The molecular formula is C24H26BrFN4O6. The van der Waals surface area contributed by atoms with E-state index in [9.17, 15) is 24.5 Å². The highest BCUT2D eigenvalue weighted by Crippen LogP contribution is 2.35.